The van der Waals surface area contributed by atoms with Crippen LogP contribution in [0.4, 0.5) is 0 Å². The molecule has 6 nitrogen and oxygen atoms in total. The van der Waals surface area contributed by atoms with Crippen molar-refractivity contribution in [2.24, 2.45) is 5.92 Å². The van der Waals surface area contributed by atoms with Crippen molar-refractivity contribution in [3.05, 3.63) is 46.3 Å². The van der Waals surface area contributed by atoms with Crippen LogP contribution >= 0.6 is 11.8 Å². The van der Waals surface area contributed by atoms with Gasteiger partial charge in [-0.3, -0.25) is 9.36 Å². The van der Waals surface area contributed by atoms with Crippen LogP contribution in [-0.4, -0.2) is 19.7 Å². The first-order valence-electron chi connectivity index (χ1n) is 8.95. The first kappa shape index (κ1) is 18.6. The molecule has 1 aromatic carbocycles. The van der Waals surface area contributed by atoms with Crippen LogP contribution in [0.5, 0.6) is 0 Å². The Morgan fingerprint density at radius 1 is 1.19 bits per heavy atom. The number of hydrogen-bond acceptors (Lipinski definition) is 6. The number of rotatable bonds is 7. The van der Waals surface area contributed by atoms with E-state index in [0.29, 0.717) is 33.6 Å². The lowest BCUT2D eigenvalue weighted by Crippen LogP contribution is -2.26. The molecule has 0 N–H and O–H groups in total. The lowest BCUT2D eigenvalue weighted by atomic mass is 10.1. The van der Waals surface area contributed by atoms with Crippen molar-refractivity contribution < 1.29 is 4.52 Å². The van der Waals surface area contributed by atoms with Crippen molar-refractivity contribution in [3.63, 3.8) is 0 Å². The predicted octanol–water partition coefficient (Wildman–Crippen LogP) is 4.24. The van der Waals surface area contributed by atoms with E-state index in [-0.39, 0.29) is 11.6 Å². The molecular weight excluding hydrogens is 348 g/mol. The summed E-state index contributed by atoms with van der Waals surface area (Å²) in [5.74, 6) is 2.25. The maximum atomic E-state index is 12.9. The molecule has 0 amide bonds. The van der Waals surface area contributed by atoms with Gasteiger partial charge in [-0.2, -0.15) is 4.98 Å². The molecule has 2 heterocycles. The first-order chi connectivity index (χ1) is 12.5. The fourth-order valence-electron chi connectivity index (χ4n) is 2.72. The maximum Gasteiger partial charge on any atom is 0.262 e. The van der Waals surface area contributed by atoms with E-state index in [4.69, 9.17) is 9.51 Å². The molecular formula is C19H24N4O2S. The van der Waals surface area contributed by atoms with E-state index < -0.39 is 0 Å². The van der Waals surface area contributed by atoms with Crippen LogP contribution in [0, 0.1) is 5.92 Å². The number of benzene rings is 1. The average molecular weight is 372 g/mol. The van der Waals surface area contributed by atoms with Gasteiger partial charge in [0.05, 0.1) is 16.7 Å². The minimum absolute atomic E-state index is 0.00141. The van der Waals surface area contributed by atoms with Crippen LogP contribution in [0.3, 0.4) is 0 Å². The van der Waals surface area contributed by atoms with Crippen molar-refractivity contribution in [1.29, 1.82) is 0 Å². The van der Waals surface area contributed by atoms with E-state index >= 15 is 0 Å². The second kappa shape index (κ2) is 8.03. The number of para-hydroxylation sites is 1. The third-order valence-electron chi connectivity index (χ3n) is 4.23. The van der Waals surface area contributed by atoms with Crippen LogP contribution in [0.2, 0.25) is 0 Å². The molecule has 2 aromatic heterocycles. The van der Waals surface area contributed by atoms with E-state index in [2.05, 4.69) is 30.9 Å². The molecule has 0 fully saturated rings. The molecule has 138 valence electrons. The zero-order chi connectivity index (χ0) is 18.7. The summed E-state index contributed by atoms with van der Waals surface area (Å²) < 4.78 is 7.11. The lowest BCUT2D eigenvalue weighted by Gasteiger charge is -2.17. The summed E-state index contributed by atoms with van der Waals surface area (Å²) in [4.78, 5) is 22.1. The van der Waals surface area contributed by atoms with Crippen molar-refractivity contribution in [1.82, 2.24) is 19.7 Å². The number of thioether (sulfide) groups is 1. The lowest BCUT2D eigenvalue weighted by molar-refractivity contribution is 0.382. The van der Waals surface area contributed by atoms with Gasteiger partial charge in [0.2, 0.25) is 5.89 Å². The van der Waals surface area contributed by atoms with Crippen LogP contribution in [0.1, 0.15) is 51.9 Å². The molecule has 0 aliphatic rings. The zero-order valence-corrected chi connectivity index (χ0v) is 16.4. The highest BCUT2D eigenvalue weighted by Crippen LogP contribution is 2.25. The Balaban J connectivity index is 1.91. The van der Waals surface area contributed by atoms with E-state index in [9.17, 15) is 4.79 Å². The smallest absolute Gasteiger partial charge is 0.262 e. The van der Waals surface area contributed by atoms with Gasteiger partial charge in [0, 0.05) is 12.5 Å². The van der Waals surface area contributed by atoms with E-state index in [1.165, 1.54) is 11.8 Å². The normalized spacial score (nSPS) is 12.8. The third kappa shape index (κ3) is 3.98. The topological polar surface area (TPSA) is 73.8 Å². The van der Waals surface area contributed by atoms with Crippen molar-refractivity contribution in [2.45, 2.75) is 57.5 Å². The van der Waals surface area contributed by atoms with Gasteiger partial charge in [-0.05, 0) is 31.4 Å². The van der Waals surface area contributed by atoms with Crippen molar-refractivity contribution in [2.75, 3.05) is 0 Å². The van der Waals surface area contributed by atoms with Gasteiger partial charge in [0.15, 0.2) is 11.0 Å². The highest BCUT2D eigenvalue weighted by molar-refractivity contribution is 7.98. The summed E-state index contributed by atoms with van der Waals surface area (Å²) in [5.41, 5.74) is 0.712. The number of aromatic nitrogens is 4. The minimum atomic E-state index is -0.00141. The Morgan fingerprint density at radius 3 is 2.69 bits per heavy atom. The van der Waals surface area contributed by atoms with E-state index in [0.717, 1.165) is 18.7 Å². The second-order valence-electron chi connectivity index (χ2n) is 6.83. The number of hydrogen-bond donors (Lipinski definition) is 0. The van der Waals surface area contributed by atoms with Gasteiger partial charge < -0.3 is 4.52 Å². The monoisotopic (exact) mass is 372 g/mol. The van der Waals surface area contributed by atoms with Crippen LogP contribution < -0.4 is 5.56 Å². The van der Waals surface area contributed by atoms with Crippen LogP contribution in [-0.2, 0) is 12.2 Å². The summed E-state index contributed by atoms with van der Waals surface area (Å²) >= 11 is 1.46. The fourth-order valence-corrected chi connectivity index (χ4v) is 3.66. The van der Waals surface area contributed by atoms with Crippen molar-refractivity contribution >= 4 is 22.7 Å². The Hall–Kier alpha value is -2.15. The minimum Gasteiger partial charge on any atom is -0.338 e. The van der Waals surface area contributed by atoms with Gasteiger partial charge in [-0.15, -0.1) is 0 Å². The van der Waals surface area contributed by atoms with Gasteiger partial charge in [-0.25, -0.2) is 4.98 Å². The quantitative estimate of drug-likeness (QED) is 0.456. The van der Waals surface area contributed by atoms with Crippen LogP contribution in [0.15, 0.2) is 38.7 Å². The third-order valence-corrected chi connectivity index (χ3v) is 5.17. The van der Waals surface area contributed by atoms with Gasteiger partial charge >= 0.3 is 0 Å². The molecule has 0 saturated heterocycles. The standard InChI is InChI=1S/C19H24N4O2S/c1-5-13(4)23-18(24)14-8-6-7-9-15(14)20-19(23)26-11-17-21-16(22-25-17)10-12(2)3/h6-9,12-13H,5,10-11H2,1-4H3/t13-/m0/s1. The predicted molar refractivity (Wildman–Crippen MR) is 103 cm³/mol. The summed E-state index contributed by atoms with van der Waals surface area (Å²) in [6.07, 6.45) is 1.65. The maximum absolute atomic E-state index is 12.9. The fraction of sp³-hybridized carbons (Fsp3) is 0.474. The van der Waals surface area contributed by atoms with E-state index in [1.807, 2.05) is 31.2 Å². The Labute approximate surface area is 157 Å². The summed E-state index contributed by atoms with van der Waals surface area (Å²) in [7, 11) is 0. The molecule has 0 bridgehead atoms. The Bertz CT molecular complexity index is 948. The first-order valence-corrected chi connectivity index (χ1v) is 9.93. The molecule has 1 atom stereocenters. The summed E-state index contributed by atoms with van der Waals surface area (Å²) in [6.45, 7) is 8.34. The average Bonchev–Trinajstić information content (AvgIpc) is 3.06. The largest absolute Gasteiger partial charge is 0.338 e. The van der Waals surface area contributed by atoms with Gasteiger partial charge in [0.1, 0.15) is 0 Å². The number of nitrogens with zero attached hydrogens (tertiary/aromatic N) is 4. The highest BCUT2D eigenvalue weighted by atomic mass is 32.2. The molecule has 0 spiro atoms. The summed E-state index contributed by atoms with van der Waals surface area (Å²) in [5, 5.41) is 5.36. The zero-order valence-electron chi connectivity index (χ0n) is 15.6. The molecule has 0 saturated carbocycles. The van der Waals surface area contributed by atoms with E-state index in [1.54, 1.807) is 4.57 Å². The molecule has 0 aliphatic carbocycles. The van der Waals surface area contributed by atoms with Crippen molar-refractivity contribution in [3.8, 4) is 0 Å². The molecule has 0 radical (unpaired) electrons. The highest BCUT2D eigenvalue weighted by Gasteiger charge is 2.17. The summed E-state index contributed by atoms with van der Waals surface area (Å²) in [6, 6.07) is 7.53. The molecule has 7 heteroatoms. The molecule has 3 rings (SSSR count). The molecule has 3 aromatic rings. The van der Waals surface area contributed by atoms with Gasteiger partial charge in [0.25, 0.3) is 5.56 Å². The molecule has 0 unspecified atom stereocenters. The van der Waals surface area contributed by atoms with Gasteiger partial charge in [-0.1, -0.05) is 49.8 Å². The molecule has 26 heavy (non-hydrogen) atoms. The molecule has 0 aliphatic heterocycles. The van der Waals surface area contributed by atoms with Crippen LogP contribution in [0.25, 0.3) is 10.9 Å². The second-order valence-corrected chi connectivity index (χ2v) is 7.78. The number of fused-ring (bicyclic) bond motifs is 1. The SMILES string of the molecule is CC[C@H](C)n1c(SCc2nc(CC(C)C)no2)nc2ccccc2c1=O. The Kier molecular flexibility index (Phi) is 5.76. The Morgan fingerprint density at radius 2 is 1.96 bits per heavy atom.